The topological polar surface area (TPSA) is 42.2 Å². The molecule has 1 aliphatic heterocycles. The third-order valence-electron chi connectivity index (χ3n) is 4.04. The van der Waals surface area contributed by atoms with Crippen molar-refractivity contribution in [2.45, 2.75) is 58.0 Å². The molecule has 1 fully saturated rings. The van der Waals surface area contributed by atoms with Gasteiger partial charge in [0.2, 0.25) is 0 Å². The second kappa shape index (κ2) is 4.61. The second-order valence-corrected chi connectivity index (χ2v) is 6.07. The second-order valence-electron chi connectivity index (χ2n) is 6.07. The maximum atomic E-state index is 9.50. The van der Waals surface area contributed by atoms with Crippen LogP contribution in [-0.4, -0.2) is 18.3 Å². The lowest BCUT2D eigenvalue weighted by molar-refractivity contribution is 0.00578. The van der Waals surface area contributed by atoms with Crippen molar-refractivity contribution in [3.05, 3.63) is 29.8 Å². The molecule has 3 nitrogen and oxygen atoms in total. The minimum atomic E-state index is -3.02. The third-order valence-corrected chi connectivity index (χ3v) is 4.04. The minimum absolute atomic E-state index is 0.0831. The van der Waals surface area contributed by atoms with Gasteiger partial charge in [0.25, 0.3) is 0 Å². The number of nitrogens with zero attached hydrogens (tertiary/aromatic N) is 1. The highest BCUT2D eigenvalue weighted by atomic mass is 16.7. The molecule has 1 aromatic rings. The van der Waals surface area contributed by atoms with E-state index in [0.29, 0.717) is 5.46 Å². The number of rotatable bonds is 2. The van der Waals surface area contributed by atoms with Crippen LogP contribution in [0.2, 0.25) is 0 Å². The van der Waals surface area contributed by atoms with Crippen molar-refractivity contribution in [1.29, 1.82) is 5.26 Å². The number of hydrogen-bond donors (Lipinski definition) is 0. The van der Waals surface area contributed by atoms with Gasteiger partial charge in [-0.15, -0.1) is 0 Å². The number of hydrogen-bond acceptors (Lipinski definition) is 3. The molecule has 0 N–H and O–H groups in total. The molecule has 0 bridgehead atoms. The molecule has 0 radical (unpaired) electrons. The van der Waals surface area contributed by atoms with Crippen molar-refractivity contribution in [3.8, 4) is 6.07 Å². The van der Waals surface area contributed by atoms with Crippen LogP contribution >= 0.6 is 0 Å². The monoisotopic (exact) mass is 277 g/mol. The first-order valence-corrected chi connectivity index (χ1v) is 6.46. The summed E-state index contributed by atoms with van der Waals surface area (Å²) < 4.78 is 57.8. The van der Waals surface area contributed by atoms with Crippen LogP contribution in [0.1, 0.15) is 55.2 Å². The fourth-order valence-electron chi connectivity index (χ4n) is 1.93. The van der Waals surface area contributed by atoms with Crippen LogP contribution in [0.15, 0.2) is 24.3 Å². The molecule has 0 atom stereocenters. The quantitative estimate of drug-likeness (QED) is 0.781. The van der Waals surface area contributed by atoms with Crippen molar-refractivity contribution < 1.29 is 17.5 Å². The summed E-state index contributed by atoms with van der Waals surface area (Å²) in [7, 11) is -0.661. The normalized spacial score (nSPS) is 26.4. The predicted molar refractivity (Wildman–Crippen MR) is 80.8 cm³/mol. The van der Waals surface area contributed by atoms with E-state index < -0.39 is 37.4 Å². The average Bonchev–Trinajstić information content (AvgIpc) is 2.66. The first kappa shape index (κ1) is 8.87. The Labute approximate surface area is 130 Å². The van der Waals surface area contributed by atoms with Crippen LogP contribution in [-0.2, 0) is 14.7 Å². The molecule has 2 rings (SSSR count). The molecule has 1 saturated heterocycles. The molecule has 0 aliphatic carbocycles. The average molecular weight is 277 g/mol. The summed E-state index contributed by atoms with van der Waals surface area (Å²) in [4.78, 5) is 0. The maximum Gasteiger partial charge on any atom is 0.494 e. The summed E-state index contributed by atoms with van der Waals surface area (Å²) in [5.74, 6) is 0. The van der Waals surface area contributed by atoms with Crippen LogP contribution in [0.5, 0.6) is 0 Å². The van der Waals surface area contributed by atoms with E-state index in [0.717, 1.165) is 0 Å². The van der Waals surface area contributed by atoms with Gasteiger partial charge in [0.1, 0.15) is 0 Å². The molecule has 0 spiro atoms. The van der Waals surface area contributed by atoms with Crippen molar-refractivity contribution in [2.24, 2.45) is 0 Å². The van der Waals surface area contributed by atoms with Crippen LogP contribution in [0, 0.1) is 11.3 Å². The lowest BCUT2D eigenvalue weighted by Crippen LogP contribution is -2.41. The summed E-state index contributed by atoms with van der Waals surface area (Å²) in [6.45, 7) is 1.60. The van der Waals surface area contributed by atoms with Crippen LogP contribution in [0.3, 0.4) is 0 Å². The van der Waals surface area contributed by atoms with Crippen molar-refractivity contribution in [3.63, 3.8) is 0 Å². The van der Waals surface area contributed by atoms with Crippen LogP contribution < -0.4 is 5.46 Å². The van der Waals surface area contributed by atoms with Gasteiger partial charge < -0.3 is 9.31 Å². The van der Waals surface area contributed by atoms with Crippen LogP contribution in [0.4, 0.5) is 0 Å². The van der Waals surface area contributed by atoms with E-state index in [4.69, 9.17) is 17.5 Å². The predicted octanol–water partition coefficient (Wildman–Crippen LogP) is 2.79. The Morgan fingerprint density at radius 3 is 2.00 bits per heavy atom. The summed E-state index contributed by atoms with van der Waals surface area (Å²) in [6.07, 6.45) is 0. The molecule has 4 heteroatoms. The molecule has 1 aromatic carbocycles. The van der Waals surface area contributed by atoms with E-state index in [9.17, 15) is 5.26 Å². The highest BCUT2D eigenvalue weighted by Crippen LogP contribution is 2.36. The summed E-state index contributed by atoms with van der Waals surface area (Å²) >= 11 is 0. The van der Waals surface area contributed by atoms with Gasteiger partial charge in [-0.1, -0.05) is 24.3 Å². The Hall–Kier alpha value is -1.31. The van der Waals surface area contributed by atoms with Gasteiger partial charge in [0.15, 0.2) is 0 Å². The SMILES string of the molecule is [2H]C([2H])([2H])C(C#N)(c1ccc(B2OC(C)(C)C(C)(C)O2)cc1)C([2H])([2H])[2H]. The maximum absolute atomic E-state index is 9.50. The Balaban J connectivity index is 2.45. The Morgan fingerprint density at radius 1 is 1.10 bits per heavy atom. The Kier molecular flexibility index (Phi) is 2.05. The third kappa shape index (κ3) is 2.48. The Bertz CT molecular complexity index is 688. The molecule has 0 saturated carbocycles. The highest BCUT2D eigenvalue weighted by molar-refractivity contribution is 6.62. The smallest absolute Gasteiger partial charge is 0.399 e. The zero-order chi connectivity index (χ0) is 20.2. The molecule has 0 amide bonds. The van der Waals surface area contributed by atoms with E-state index in [1.807, 2.05) is 27.7 Å². The zero-order valence-corrected chi connectivity index (χ0v) is 12.2. The molecule has 1 heterocycles. The largest absolute Gasteiger partial charge is 0.494 e. The summed E-state index contributed by atoms with van der Waals surface area (Å²) in [6, 6.07) is 7.32. The van der Waals surface area contributed by atoms with Gasteiger partial charge in [0.05, 0.1) is 22.7 Å². The zero-order valence-electron chi connectivity index (χ0n) is 18.2. The van der Waals surface area contributed by atoms with Crippen molar-refractivity contribution in [1.82, 2.24) is 0 Å². The Morgan fingerprint density at radius 2 is 1.60 bits per heavy atom. The van der Waals surface area contributed by atoms with Gasteiger partial charge in [-0.25, -0.2) is 0 Å². The van der Waals surface area contributed by atoms with Crippen molar-refractivity contribution >= 4 is 12.6 Å². The fraction of sp³-hybridized carbons (Fsp3) is 0.562. The molecule has 0 unspecified atom stereocenters. The number of benzene rings is 1. The van der Waals surface area contributed by atoms with Gasteiger partial charge in [0, 0.05) is 8.22 Å². The lowest BCUT2D eigenvalue weighted by Gasteiger charge is -2.32. The standard InChI is InChI=1S/C16H22BNO2/c1-14(2,11-18)12-7-9-13(10-8-12)17-19-15(3,4)16(5,6)20-17/h7-10H,1-6H3/i1D3,2D3. The van der Waals surface area contributed by atoms with E-state index in [1.54, 1.807) is 12.1 Å². The first-order chi connectivity index (χ1) is 11.6. The molecule has 106 valence electrons. The molecular weight excluding hydrogens is 249 g/mol. The summed E-state index contributed by atoms with van der Waals surface area (Å²) in [5.41, 5.74) is -3.14. The van der Waals surface area contributed by atoms with Gasteiger partial charge >= 0.3 is 7.12 Å². The van der Waals surface area contributed by atoms with Gasteiger partial charge in [-0.05, 0) is 52.4 Å². The van der Waals surface area contributed by atoms with Crippen LogP contribution in [0.25, 0.3) is 0 Å². The van der Waals surface area contributed by atoms with E-state index in [-0.39, 0.29) is 5.56 Å². The molecular formula is C16H22BNO2. The highest BCUT2D eigenvalue weighted by Gasteiger charge is 2.51. The molecule has 1 aliphatic rings. The fourth-order valence-corrected chi connectivity index (χ4v) is 1.93. The van der Waals surface area contributed by atoms with Gasteiger partial charge in [-0.3, -0.25) is 0 Å². The van der Waals surface area contributed by atoms with E-state index >= 15 is 0 Å². The first-order valence-electron chi connectivity index (χ1n) is 9.46. The van der Waals surface area contributed by atoms with Crippen molar-refractivity contribution in [2.75, 3.05) is 0 Å². The summed E-state index contributed by atoms with van der Waals surface area (Å²) in [5, 5.41) is 9.50. The minimum Gasteiger partial charge on any atom is -0.399 e. The van der Waals surface area contributed by atoms with E-state index in [1.165, 1.54) is 18.2 Å². The van der Waals surface area contributed by atoms with Gasteiger partial charge in [-0.2, -0.15) is 5.26 Å². The lowest BCUT2D eigenvalue weighted by atomic mass is 9.77. The molecule has 0 aromatic heterocycles. The molecule has 20 heavy (non-hydrogen) atoms. The number of nitriles is 1. The van der Waals surface area contributed by atoms with E-state index in [2.05, 4.69) is 0 Å².